The third-order valence-corrected chi connectivity index (χ3v) is 4.08. The Balaban J connectivity index is 1.88. The number of methoxy groups -OCH3 is 1. The molecule has 27 heavy (non-hydrogen) atoms. The fraction of sp³-hybridized carbons (Fsp3) is 0.316. The number of rotatable bonds is 7. The average molecular weight is 382 g/mol. The summed E-state index contributed by atoms with van der Waals surface area (Å²) >= 11 is 0. The summed E-state index contributed by atoms with van der Waals surface area (Å²) < 4.78 is 45.1. The second kappa shape index (κ2) is 8.77. The highest BCUT2D eigenvalue weighted by atomic mass is 19.4. The van der Waals surface area contributed by atoms with E-state index in [1.165, 1.54) is 12.1 Å². The molecule has 0 unspecified atom stereocenters. The van der Waals surface area contributed by atoms with Crippen molar-refractivity contribution >= 4 is 6.03 Å². The molecule has 2 amide bonds. The molecule has 146 valence electrons. The standard InChI is InChI=1S/C19H21F3N2O3/c1-27-16-9-7-14(8-10-16)11-12-23-17(25)24-13-18(26,19(20,21)22)15-5-3-2-4-6-15/h2-10,26H,11-13H2,1H3,(H2,23,24,25)/t18-/m0/s1. The molecule has 0 spiro atoms. The highest BCUT2D eigenvalue weighted by molar-refractivity contribution is 5.74. The molecule has 2 rings (SSSR count). The molecule has 0 aliphatic carbocycles. The van der Waals surface area contributed by atoms with Crippen molar-refractivity contribution in [2.24, 2.45) is 0 Å². The molecule has 0 aliphatic rings. The summed E-state index contributed by atoms with van der Waals surface area (Å²) in [4.78, 5) is 11.8. The van der Waals surface area contributed by atoms with Crippen molar-refractivity contribution in [3.8, 4) is 5.75 Å². The summed E-state index contributed by atoms with van der Waals surface area (Å²) in [5, 5.41) is 14.7. The minimum Gasteiger partial charge on any atom is -0.497 e. The van der Waals surface area contributed by atoms with E-state index in [9.17, 15) is 23.1 Å². The van der Waals surface area contributed by atoms with Gasteiger partial charge in [0, 0.05) is 6.54 Å². The maximum atomic E-state index is 13.3. The molecular formula is C19H21F3N2O3. The zero-order valence-electron chi connectivity index (χ0n) is 14.7. The monoisotopic (exact) mass is 382 g/mol. The van der Waals surface area contributed by atoms with Crippen LogP contribution in [0.4, 0.5) is 18.0 Å². The molecule has 0 heterocycles. The number of alkyl halides is 3. The Labute approximate surface area is 155 Å². The smallest absolute Gasteiger partial charge is 0.423 e. The molecule has 2 aromatic rings. The van der Waals surface area contributed by atoms with Crippen molar-refractivity contribution in [3.05, 3.63) is 65.7 Å². The van der Waals surface area contributed by atoms with Crippen molar-refractivity contribution in [2.75, 3.05) is 20.2 Å². The Hall–Kier alpha value is -2.74. The first-order valence-corrected chi connectivity index (χ1v) is 8.25. The second-order valence-corrected chi connectivity index (χ2v) is 5.93. The van der Waals surface area contributed by atoms with Crippen molar-refractivity contribution in [1.29, 1.82) is 0 Å². The summed E-state index contributed by atoms with van der Waals surface area (Å²) in [7, 11) is 1.55. The summed E-state index contributed by atoms with van der Waals surface area (Å²) in [6.45, 7) is -0.761. The summed E-state index contributed by atoms with van der Waals surface area (Å²) in [6.07, 6.45) is -4.44. The topological polar surface area (TPSA) is 70.6 Å². The number of nitrogens with one attached hydrogen (secondary N) is 2. The van der Waals surface area contributed by atoms with Gasteiger partial charge in [-0.25, -0.2) is 4.79 Å². The Bertz CT molecular complexity index is 736. The van der Waals surface area contributed by atoms with Gasteiger partial charge in [0.15, 0.2) is 0 Å². The molecule has 5 nitrogen and oxygen atoms in total. The van der Waals surface area contributed by atoms with Gasteiger partial charge in [0.25, 0.3) is 0 Å². The minimum atomic E-state index is -4.94. The second-order valence-electron chi connectivity index (χ2n) is 5.93. The van der Waals surface area contributed by atoms with Crippen molar-refractivity contribution in [1.82, 2.24) is 10.6 Å². The molecule has 3 N–H and O–H groups in total. The molecule has 0 radical (unpaired) electrons. The number of carbonyl (C=O) groups is 1. The van der Waals surface area contributed by atoms with Gasteiger partial charge in [0.2, 0.25) is 5.60 Å². The molecule has 0 aliphatic heterocycles. The normalized spacial score (nSPS) is 13.5. The summed E-state index contributed by atoms with van der Waals surface area (Å²) in [5.74, 6) is 0.705. The van der Waals surface area contributed by atoms with Crippen molar-refractivity contribution in [3.63, 3.8) is 0 Å². The molecule has 0 saturated heterocycles. The lowest BCUT2D eigenvalue weighted by Crippen LogP contribution is -2.52. The van der Waals surface area contributed by atoms with E-state index in [0.29, 0.717) is 12.2 Å². The summed E-state index contributed by atoms with van der Waals surface area (Å²) in [6, 6.07) is 13.1. The number of benzene rings is 2. The molecular weight excluding hydrogens is 361 g/mol. The van der Waals surface area contributed by atoms with Gasteiger partial charge in [-0.15, -0.1) is 0 Å². The van der Waals surface area contributed by atoms with Gasteiger partial charge in [-0.2, -0.15) is 13.2 Å². The number of hydrogen-bond acceptors (Lipinski definition) is 3. The maximum Gasteiger partial charge on any atom is 0.423 e. The maximum absolute atomic E-state index is 13.3. The van der Waals surface area contributed by atoms with Crippen LogP contribution in [0, 0.1) is 0 Å². The first kappa shape index (κ1) is 20.6. The number of amides is 2. The lowest BCUT2D eigenvalue weighted by molar-refractivity contribution is -0.263. The number of carbonyl (C=O) groups excluding carboxylic acids is 1. The number of halogens is 3. The number of hydrogen-bond donors (Lipinski definition) is 3. The largest absolute Gasteiger partial charge is 0.497 e. The molecule has 8 heteroatoms. The zero-order chi connectivity index (χ0) is 19.9. The van der Waals surface area contributed by atoms with Gasteiger partial charge < -0.3 is 20.5 Å². The molecule has 0 saturated carbocycles. The van der Waals surface area contributed by atoms with E-state index in [-0.39, 0.29) is 12.1 Å². The highest BCUT2D eigenvalue weighted by Gasteiger charge is 2.55. The fourth-order valence-electron chi connectivity index (χ4n) is 2.46. The molecule has 0 aromatic heterocycles. The van der Waals surface area contributed by atoms with Gasteiger partial charge >= 0.3 is 12.2 Å². The quantitative estimate of drug-likeness (QED) is 0.690. The molecule has 0 fully saturated rings. The van der Waals surface area contributed by atoms with Crippen LogP contribution >= 0.6 is 0 Å². The van der Waals surface area contributed by atoms with Crippen LogP contribution in [0.2, 0.25) is 0 Å². The van der Waals surface area contributed by atoms with Crippen molar-refractivity contribution < 1.29 is 27.8 Å². The molecule has 2 aromatic carbocycles. The van der Waals surface area contributed by atoms with E-state index in [0.717, 1.165) is 17.7 Å². The van der Waals surface area contributed by atoms with Crippen LogP contribution in [-0.2, 0) is 12.0 Å². The highest BCUT2D eigenvalue weighted by Crippen LogP contribution is 2.38. The van der Waals surface area contributed by atoms with Crippen LogP contribution in [0.3, 0.4) is 0 Å². The van der Waals surface area contributed by atoms with E-state index >= 15 is 0 Å². The fourth-order valence-corrected chi connectivity index (χ4v) is 2.46. The van der Waals surface area contributed by atoms with E-state index in [2.05, 4.69) is 10.6 Å². The first-order chi connectivity index (χ1) is 12.8. The van der Waals surface area contributed by atoms with Gasteiger partial charge in [0.1, 0.15) is 5.75 Å². The lowest BCUT2D eigenvalue weighted by Gasteiger charge is -2.31. The van der Waals surface area contributed by atoms with Crippen LogP contribution in [0.5, 0.6) is 5.75 Å². The average Bonchev–Trinajstić information content (AvgIpc) is 2.66. The Morgan fingerprint density at radius 2 is 1.67 bits per heavy atom. The summed E-state index contributed by atoms with van der Waals surface area (Å²) in [5.41, 5.74) is -2.56. The van der Waals surface area contributed by atoms with Gasteiger partial charge in [-0.3, -0.25) is 0 Å². The van der Waals surface area contributed by atoms with Crippen LogP contribution in [0.1, 0.15) is 11.1 Å². The van der Waals surface area contributed by atoms with Crippen molar-refractivity contribution in [2.45, 2.75) is 18.2 Å². The Morgan fingerprint density at radius 3 is 2.22 bits per heavy atom. The zero-order valence-corrected chi connectivity index (χ0v) is 14.7. The predicted molar refractivity (Wildman–Crippen MR) is 94.5 cm³/mol. The number of urea groups is 1. The lowest BCUT2D eigenvalue weighted by atomic mass is 9.93. The SMILES string of the molecule is COc1ccc(CCNC(=O)NC[C@](O)(c2ccccc2)C(F)(F)F)cc1. The van der Waals surface area contributed by atoms with Crippen LogP contribution < -0.4 is 15.4 Å². The third kappa shape index (κ3) is 5.37. The number of ether oxygens (including phenoxy) is 1. The van der Waals surface area contributed by atoms with Gasteiger partial charge in [-0.1, -0.05) is 42.5 Å². The Morgan fingerprint density at radius 1 is 1.04 bits per heavy atom. The van der Waals surface area contributed by atoms with E-state index < -0.39 is 24.4 Å². The Kier molecular flexibility index (Phi) is 6.68. The first-order valence-electron chi connectivity index (χ1n) is 8.25. The molecule has 0 bridgehead atoms. The number of aliphatic hydroxyl groups is 1. The minimum absolute atomic E-state index is 0.230. The predicted octanol–water partition coefficient (Wildman–Crippen LogP) is 2.99. The third-order valence-electron chi connectivity index (χ3n) is 4.08. The van der Waals surface area contributed by atoms with E-state index in [1.807, 2.05) is 12.1 Å². The van der Waals surface area contributed by atoms with Crippen LogP contribution in [-0.4, -0.2) is 37.5 Å². The van der Waals surface area contributed by atoms with Crippen LogP contribution in [0.25, 0.3) is 0 Å². The van der Waals surface area contributed by atoms with E-state index in [4.69, 9.17) is 4.74 Å². The molecule has 1 atom stereocenters. The van der Waals surface area contributed by atoms with Gasteiger partial charge in [0.05, 0.1) is 13.7 Å². The van der Waals surface area contributed by atoms with Crippen LogP contribution in [0.15, 0.2) is 54.6 Å². The van der Waals surface area contributed by atoms with E-state index in [1.54, 1.807) is 25.3 Å². The van der Waals surface area contributed by atoms with Gasteiger partial charge in [-0.05, 0) is 29.7 Å².